The monoisotopic (exact) mass is 260 g/mol. The summed E-state index contributed by atoms with van der Waals surface area (Å²) in [7, 11) is 3.19. The van der Waals surface area contributed by atoms with Gasteiger partial charge in [-0.25, -0.2) is 4.98 Å². The molecule has 19 heavy (non-hydrogen) atoms. The van der Waals surface area contributed by atoms with E-state index >= 15 is 0 Å². The Bertz CT molecular complexity index is 594. The molecule has 2 rings (SSSR count). The van der Waals surface area contributed by atoms with Crippen molar-refractivity contribution in [2.45, 2.75) is 13.8 Å². The molecule has 0 bridgehead atoms. The molecule has 1 aromatic heterocycles. The van der Waals surface area contributed by atoms with Crippen LogP contribution in [-0.2, 0) is 0 Å². The second-order valence-corrected chi connectivity index (χ2v) is 4.09. The third-order valence-corrected chi connectivity index (χ3v) is 2.74. The summed E-state index contributed by atoms with van der Waals surface area (Å²) in [6.45, 7) is 3.73. The molecule has 0 amide bonds. The van der Waals surface area contributed by atoms with Crippen molar-refractivity contribution in [3.63, 3.8) is 0 Å². The van der Waals surface area contributed by atoms with Crippen LogP contribution in [0.5, 0.6) is 11.5 Å². The third-order valence-electron chi connectivity index (χ3n) is 2.74. The second kappa shape index (κ2) is 5.09. The highest BCUT2D eigenvalue weighted by molar-refractivity contribution is 5.66. The topological polar surface area (TPSA) is 83.2 Å². The maximum absolute atomic E-state index is 5.66. The molecule has 0 radical (unpaired) electrons. The number of aryl methyl sites for hydroxylation is 2. The van der Waals surface area contributed by atoms with Crippen LogP contribution < -0.4 is 15.2 Å². The first-order chi connectivity index (χ1) is 9.05. The molecule has 0 aliphatic heterocycles. The summed E-state index contributed by atoms with van der Waals surface area (Å²) in [6, 6.07) is 3.71. The summed E-state index contributed by atoms with van der Waals surface area (Å²) in [5.41, 5.74) is 7.47. The molecule has 0 fully saturated rings. The van der Waals surface area contributed by atoms with Gasteiger partial charge in [0.05, 0.1) is 14.2 Å². The number of ether oxygens (including phenoxy) is 2. The lowest BCUT2D eigenvalue weighted by Gasteiger charge is -2.12. The van der Waals surface area contributed by atoms with Gasteiger partial charge in [0.15, 0.2) is 17.3 Å². The average molecular weight is 260 g/mol. The second-order valence-electron chi connectivity index (χ2n) is 4.09. The van der Waals surface area contributed by atoms with Crippen LogP contribution in [0.25, 0.3) is 11.4 Å². The van der Waals surface area contributed by atoms with Crippen molar-refractivity contribution >= 4 is 5.95 Å². The molecule has 0 unspecified atom stereocenters. The van der Waals surface area contributed by atoms with Gasteiger partial charge in [-0.15, -0.1) is 0 Å². The molecule has 1 heterocycles. The van der Waals surface area contributed by atoms with E-state index in [4.69, 9.17) is 15.2 Å². The fraction of sp³-hybridized carbons (Fsp3) is 0.308. The van der Waals surface area contributed by atoms with Crippen LogP contribution >= 0.6 is 0 Å². The lowest BCUT2D eigenvalue weighted by Crippen LogP contribution is -2.03. The molecule has 0 saturated carbocycles. The summed E-state index contributed by atoms with van der Waals surface area (Å²) in [5, 5.41) is 0. The Hall–Kier alpha value is -2.37. The van der Waals surface area contributed by atoms with Gasteiger partial charge in [0.2, 0.25) is 5.95 Å². The van der Waals surface area contributed by atoms with E-state index in [1.54, 1.807) is 21.1 Å². The van der Waals surface area contributed by atoms with Crippen LogP contribution in [-0.4, -0.2) is 29.2 Å². The van der Waals surface area contributed by atoms with Crippen molar-refractivity contribution in [1.82, 2.24) is 15.0 Å². The molecule has 0 aliphatic carbocycles. The number of nitrogens with two attached hydrogens (primary N) is 1. The molecular weight excluding hydrogens is 244 g/mol. The zero-order valence-electron chi connectivity index (χ0n) is 11.4. The number of rotatable bonds is 3. The number of hydrogen-bond donors (Lipinski definition) is 1. The highest BCUT2D eigenvalue weighted by atomic mass is 16.5. The zero-order chi connectivity index (χ0) is 14.0. The van der Waals surface area contributed by atoms with Gasteiger partial charge < -0.3 is 15.2 Å². The molecular formula is C13H16N4O2. The number of aromatic nitrogens is 3. The largest absolute Gasteiger partial charge is 0.493 e. The van der Waals surface area contributed by atoms with Crippen molar-refractivity contribution in [1.29, 1.82) is 0 Å². The molecule has 2 aromatic rings. The fourth-order valence-corrected chi connectivity index (χ4v) is 1.84. The van der Waals surface area contributed by atoms with Crippen LogP contribution in [0.4, 0.5) is 5.95 Å². The van der Waals surface area contributed by atoms with E-state index in [0.717, 1.165) is 11.1 Å². The Morgan fingerprint density at radius 3 is 2.16 bits per heavy atom. The first kappa shape index (κ1) is 13.1. The van der Waals surface area contributed by atoms with Gasteiger partial charge in [-0.05, 0) is 31.5 Å². The molecule has 0 spiro atoms. The van der Waals surface area contributed by atoms with Gasteiger partial charge in [0.1, 0.15) is 5.82 Å². The van der Waals surface area contributed by atoms with Crippen LogP contribution in [0.3, 0.4) is 0 Å². The summed E-state index contributed by atoms with van der Waals surface area (Å²) in [6.07, 6.45) is 0. The van der Waals surface area contributed by atoms with Gasteiger partial charge >= 0.3 is 0 Å². The molecule has 6 heteroatoms. The Labute approximate surface area is 111 Å². The van der Waals surface area contributed by atoms with Crippen molar-refractivity contribution in [3.8, 4) is 22.9 Å². The Kier molecular flexibility index (Phi) is 3.50. The Balaban J connectivity index is 2.61. The maximum Gasteiger partial charge on any atom is 0.223 e. The molecule has 0 saturated heterocycles. The molecule has 1 aromatic carbocycles. The lowest BCUT2D eigenvalue weighted by molar-refractivity contribution is 0.355. The number of benzene rings is 1. The van der Waals surface area contributed by atoms with E-state index in [1.807, 2.05) is 19.1 Å². The zero-order valence-corrected chi connectivity index (χ0v) is 11.4. The molecule has 100 valence electrons. The van der Waals surface area contributed by atoms with E-state index < -0.39 is 0 Å². The van der Waals surface area contributed by atoms with Gasteiger partial charge in [-0.3, -0.25) is 0 Å². The number of hydrogen-bond acceptors (Lipinski definition) is 6. The number of anilines is 1. The third kappa shape index (κ3) is 2.57. The predicted octanol–water partition coefficient (Wildman–Crippen LogP) is 1.75. The van der Waals surface area contributed by atoms with Crippen LogP contribution in [0.1, 0.15) is 11.4 Å². The Morgan fingerprint density at radius 1 is 0.947 bits per heavy atom. The minimum Gasteiger partial charge on any atom is -0.493 e. The summed E-state index contributed by atoms with van der Waals surface area (Å²) in [5.74, 6) is 2.61. The number of methoxy groups -OCH3 is 2. The van der Waals surface area contributed by atoms with Crippen LogP contribution in [0, 0.1) is 13.8 Å². The van der Waals surface area contributed by atoms with Crippen molar-refractivity contribution in [2.24, 2.45) is 0 Å². The smallest absolute Gasteiger partial charge is 0.223 e. The number of nitrogens with zero attached hydrogens (tertiary/aromatic N) is 3. The summed E-state index contributed by atoms with van der Waals surface area (Å²) < 4.78 is 10.5. The maximum atomic E-state index is 5.66. The Morgan fingerprint density at radius 2 is 1.58 bits per heavy atom. The van der Waals surface area contributed by atoms with E-state index in [1.165, 1.54) is 0 Å². The molecule has 2 N–H and O–H groups in total. The van der Waals surface area contributed by atoms with Crippen LogP contribution in [0.2, 0.25) is 0 Å². The minimum absolute atomic E-state index is 0.205. The predicted molar refractivity (Wildman–Crippen MR) is 72.3 cm³/mol. The summed E-state index contributed by atoms with van der Waals surface area (Å²) in [4.78, 5) is 12.4. The van der Waals surface area contributed by atoms with Crippen LogP contribution in [0.15, 0.2) is 12.1 Å². The van der Waals surface area contributed by atoms with Gasteiger partial charge in [0, 0.05) is 5.56 Å². The van der Waals surface area contributed by atoms with Crippen molar-refractivity contribution in [3.05, 3.63) is 23.5 Å². The average Bonchev–Trinajstić information content (AvgIpc) is 2.37. The standard InChI is InChI=1S/C13H16N4O2/c1-7-5-10(18-3)11(19-4)6-9(7)12-15-8(2)16-13(14)17-12/h5-6H,1-4H3,(H2,14,15,16,17). The van der Waals surface area contributed by atoms with Gasteiger partial charge in [-0.1, -0.05) is 0 Å². The lowest BCUT2D eigenvalue weighted by atomic mass is 10.1. The van der Waals surface area contributed by atoms with Crippen molar-refractivity contribution in [2.75, 3.05) is 20.0 Å². The first-order valence-corrected chi connectivity index (χ1v) is 5.76. The first-order valence-electron chi connectivity index (χ1n) is 5.76. The highest BCUT2D eigenvalue weighted by Crippen LogP contribution is 2.34. The SMILES string of the molecule is COc1cc(C)c(-c2nc(C)nc(N)n2)cc1OC. The van der Waals surface area contributed by atoms with Gasteiger partial charge in [-0.2, -0.15) is 9.97 Å². The normalized spacial score (nSPS) is 10.3. The van der Waals surface area contributed by atoms with E-state index in [-0.39, 0.29) is 5.95 Å². The van der Waals surface area contributed by atoms with Gasteiger partial charge in [0.25, 0.3) is 0 Å². The summed E-state index contributed by atoms with van der Waals surface area (Å²) >= 11 is 0. The van der Waals surface area contributed by atoms with E-state index in [2.05, 4.69) is 15.0 Å². The van der Waals surface area contributed by atoms with E-state index in [0.29, 0.717) is 23.1 Å². The fourth-order valence-electron chi connectivity index (χ4n) is 1.84. The van der Waals surface area contributed by atoms with E-state index in [9.17, 15) is 0 Å². The molecule has 6 nitrogen and oxygen atoms in total. The minimum atomic E-state index is 0.205. The highest BCUT2D eigenvalue weighted by Gasteiger charge is 2.13. The molecule has 0 atom stereocenters. The van der Waals surface area contributed by atoms with Crippen molar-refractivity contribution < 1.29 is 9.47 Å². The quantitative estimate of drug-likeness (QED) is 0.905. The molecule has 0 aliphatic rings. The number of nitrogen functional groups attached to an aromatic ring is 1.